The van der Waals surface area contributed by atoms with Crippen LogP contribution in [0.25, 0.3) is 0 Å². The third-order valence-corrected chi connectivity index (χ3v) is 3.15. The Kier molecular flexibility index (Phi) is 2.52. The van der Waals surface area contributed by atoms with Crippen LogP contribution in [0, 0.1) is 5.92 Å². The minimum absolute atomic E-state index is 0.0955. The van der Waals surface area contributed by atoms with Gasteiger partial charge in [0.05, 0.1) is 11.6 Å². The molecule has 1 fully saturated rings. The molecular formula is C11H20N2O. The molecule has 1 aliphatic carbocycles. The largest absolute Gasteiger partial charge is 0.373 e. The van der Waals surface area contributed by atoms with Crippen LogP contribution in [0.2, 0.25) is 0 Å². The molecule has 0 unspecified atom stereocenters. The molecular weight excluding hydrogens is 176 g/mol. The van der Waals surface area contributed by atoms with Crippen LogP contribution in [0.5, 0.6) is 0 Å². The first-order chi connectivity index (χ1) is 6.58. The molecule has 14 heavy (non-hydrogen) atoms. The first-order valence-corrected chi connectivity index (χ1v) is 5.50. The molecule has 0 bridgehead atoms. The highest BCUT2D eigenvalue weighted by Gasteiger charge is 2.32. The SMILES string of the molecule is C[C@H]1N=C(COCC2CC2)NC1(C)C. The van der Waals surface area contributed by atoms with Crippen molar-refractivity contribution in [2.75, 3.05) is 13.2 Å². The van der Waals surface area contributed by atoms with Gasteiger partial charge < -0.3 is 10.1 Å². The molecule has 1 atom stereocenters. The maximum atomic E-state index is 5.59. The van der Waals surface area contributed by atoms with Crippen molar-refractivity contribution in [3.63, 3.8) is 0 Å². The Hall–Kier alpha value is -0.570. The Morgan fingerprint density at radius 2 is 2.21 bits per heavy atom. The third-order valence-electron chi connectivity index (χ3n) is 3.15. The van der Waals surface area contributed by atoms with Gasteiger partial charge in [0.1, 0.15) is 12.4 Å². The van der Waals surface area contributed by atoms with Gasteiger partial charge in [-0.3, -0.25) is 4.99 Å². The molecule has 1 saturated carbocycles. The molecule has 0 aromatic heterocycles. The molecule has 0 amide bonds. The Labute approximate surface area is 85.9 Å². The van der Waals surface area contributed by atoms with E-state index in [4.69, 9.17) is 4.74 Å². The second kappa shape index (κ2) is 3.54. The van der Waals surface area contributed by atoms with Crippen LogP contribution in [-0.2, 0) is 4.74 Å². The van der Waals surface area contributed by atoms with Crippen molar-refractivity contribution in [3.05, 3.63) is 0 Å². The number of nitrogens with one attached hydrogen (secondary N) is 1. The van der Waals surface area contributed by atoms with Crippen LogP contribution < -0.4 is 5.32 Å². The molecule has 0 aromatic carbocycles. The number of rotatable bonds is 4. The summed E-state index contributed by atoms with van der Waals surface area (Å²) in [5.41, 5.74) is 0.0955. The number of amidine groups is 1. The summed E-state index contributed by atoms with van der Waals surface area (Å²) in [5, 5.41) is 3.40. The molecule has 80 valence electrons. The Morgan fingerprint density at radius 1 is 1.50 bits per heavy atom. The summed E-state index contributed by atoms with van der Waals surface area (Å²) in [6.45, 7) is 8.06. The van der Waals surface area contributed by atoms with Gasteiger partial charge in [0.2, 0.25) is 0 Å². The Morgan fingerprint density at radius 3 is 2.71 bits per heavy atom. The van der Waals surface area contributed by atoms with Gasteiger partial charge in [-0.25, -0.2) is 0 Å². The van der Waals surface area contributed by atoms with Gasteiger partial charge in [0.15, 0.2) is 0 Å². The average Bonchev–Trinajstić information content (AvgIpc) is 2.82. The smallest absolute Gasteiger partial charge is 0.123 e. The van der Waals surface area contributed by atoms with Crippen LogP contribution in [0.4, 0.5) is 0 Å². The van der Waals surface area contributed by atoms with E-state index in [1.807, 2.05) is 0 Å². The van der Waals surface area contributed by atoms with Crippen molar-refractivity contribution in [1.82, 2.24) is 5.32 Å². The number of aliphatic imine (C=N–C) groups is 1. The second-order valence-electron chi connectivity index (χ2n) is 5.06. The molecule has 0 radical (unpaired) electrons. The van der Waals surface area contributed by atoms with Crippen molar-refractivity contribution in [2.24, 2.45) is 10.9 Å². The summed E-state index contributed by atoms with van der Waals surface area (Å²) in [4.78, 5) is 4.54. The highest BCUT2D eigenvalue weighted by atomic mass is 16.5. The van der Waals surface area contributed by atoms with Crippen LogP contribution in [0.3, 0.4) is 0 Å². The quantitative estimate of drug-likeness (QED) is 0.740. The Bertz CT molecular complexity index is 244. The number of ether oxygens (including phenoxy) is 1. The minimum Gasteiger partial charge on any atom is -0.373 e. The third kappa shape index (κ3) is 2.27. The maximum Gasteiger partial charge on any atom is 0.123 e. The lowest BCUT2D eigenvalue weighted by Crippen LogP contribution is -2.44. The molecule has 3 nitrogen and oxygen atoms in total. The predicted molar refractivity (Wildman–Crippen MR) is 57.7 cm³/mol. The zero-order valence-electron chi connectivity index (χ0n) is 9.34. The highest BCUT2D eigenvalue weighted by Crippen LogP contribution is 2.28. The van der Waals surface area contributed by atoms with Crippen molar-refractivity contribution in [1.29, 1.82) is 0 Å². The Balaban J connectivity index is 1.73. The van der Waals surface area contributed by atoms with Crippen molar-refractivity contribution < 1.29 is 4.74 Å². The van der Waals surface area contributed by atoms with Gasteiger partial charge in [-0.2, -0.15) is 0 Å². The van der Waals surface area contributed by atoms with Crippen molar-refractivity contribution in [2.45, 2.75) is 45.2 Å². The molecule has 0 spiro atoms. The molecule has 1 N–H and O–H groups in total. The summed E-state index contributed by atoms with van der Waals surface area (Å²) in [7, 11) is 0. The molecule has 0 aromatic rings. The lowest BCUT2D eigenvalue weighted by molar-refractivity contribution is 0.158. The zero-order valence-corrected chi connectivity index (χ0v) is 9.34. The standard InChI is InChI=1S/C11H20N2O/c1-8-11(2,3)13-10(12-8)7-14-6-9-4-5-9/h8-9H,4-7H2,1-3H3,(H,12,13)/t8-/m1/s1. The van der Waals surface area contributed by atoms with Gasteiger partial charge in [0.25, 0.3) is 0 Å². The van der Waals surface area contributed by atoms with E-state index in [-0.39, 0.29) is 5.54 Å². The molecule has 1 heterocycles. The first-order valence-electron chi connectivity index (χ1n) is 5.50. The van der Waals surface area contributed by atoms with E-state index < -0.39 is 0 Å². The second-order valence-corrected chi connectivity index (χ2v) is 5.06. The summed E-state index contributed by atoms with van der Waals surface area (Å²) >= 11 is 0. The van der Waals surface area contributed by atoms with Crippen LogP contribution in [0.15, 0.2) is 4.99 Å². The van der Waals surface area contributed by atoms with Crippen molar-refractivity contribution >= 4 is 5.84 Å². The van der Waals surface area contributed by atoms with Gasteiger partial charge >= 0.3 is 0 Å². The lowest BCUT2D eigenvalue weighted by Gasteiger charge is -2.23. The van der Waals surface area contributed by atoms with Crippen LogP contribution >= 0.6 is 0 Å². The van der Waals surface area contributed by atoms with Gasteiger partial charge in [0, 0.05) is 6.61 Å². The van der Waals surface area contributed by atoms with Gasteiger partial charge in [-0.05, 0) is 39.5 Å². The van der Waals surface area contributed by atoms with Crippen molar-refractivity contribution in [3.8, 4) is 0 Å². The minimum atomic E-state index is 0.0955. The number of hydrogen-bond acceptors (Lipinski definition) is 3. The number of hydrogen-bond donors (Lipinski definition) is 1. The summed E-state index contributed by atoms with van der Waals surface area (Å²) < 4.78 is 5.59. The first kappa shape index (κ1) is 9.97. The van der Waals surface area contributed by atoms with E-state index in [9.17, 15) is 0 Å². The van der Waals surface area contributed by atoms with E-state index in [2.05, 4.69) is 31.1 Å². The summed E-state index contributed by atoms with van der Waals surface area (Å²) in [6, 6.07) is 0.349. The molecule has 1 aliphatic heterocycles. The topological polar surface area (TPSA) is 33.6 Å². The van der Waals surface area contributed by atoms with Gasteiger partial charge in [-0.1, -0.05) is 0 Å². The fourth-order valence-electron chi connectivity index (χ4n) is 1.58. The van der Waals surface area contributed by atoms with E-state index in [1.165, 1.54) is 12.8 Å². The molecule has 2 aliphatic rings. The monoisotopic (exact) mass is 196 g/mol. The van der Waals surface area contributed by atoms with Crippen LogP contribution in [-0.4, -0.2) is 30.6 Å². The van der Waals surface area contributed by atoms with E-state index in [0.29, 0.717) is 12.6 Å². The number of nitrogens with zero attached hydrogens (tertiary/aromatic N) is 1. The van der Waals surface area contributed by atoms with Gasteiger partial charge in [-0.15, -0.1) is 0 Å². The summed E-state index contributed by atoms with van der Waals surface area (Å²) in [6.07, 6.45) is 2.70. The van der Waals surface area contributed by atoms with E-state index >= 15 is 0 Å². The fraction of sp³-hybridized carbons (Fsp3) is 0.909. The molecule has 2 rings (SSSR count). The highest BCUT2D eigenvalue weighted by molar-refractivity contribution is 5.86. The summed E-state index contributed by atoms with van der Waals surface area (Å²) in [5.74, 6) is 1.85. The average molecular weight is 196 g/mol. The van der Waals surface area contributed by atoms with E-state index in [1.54, 1.807) is 0 Å². The van der Waals surface area contributed by atoms with E-state index in [0.717, 1.165) is 18.4 Å². The molecule has 0 saturated heterocycles. The molecule has 3 heteroatoms. The normalized spacial score (nSPS) is 29.9. The fourth-order valence-corrected chi connectivity index (χ4v) is 1.58. The lowest BCUT2D eigenvalue weighted by atomic mass is 9.99. The maximum absolute atomic E-state index is 5.59. The zero-order chi connectivity index (χ0) is 10.2. The van der Waals surface area contributed by atoms with Crippen LogP contribution in [0.1, 0.15) is 33.6 Å². The predicted octanol–water partition coefficient (Wildman–Crippen LogP) is 1.58.